The first-order chi connectivity index (χ1) is 7.12. The lowest BCUT2D eigenvalue weighted by Gasteiger charge is -2.28. The average Bonchev–Trinajstić information content (AvgIpc) is 2.14. The SMILES string of the molecule is CP(c1ccc(C(F)(F)F)cc1)C(C)(C)C. The Bertz CT molecular complexity index is 346. The van der Waals surface area contributed by atoms with Crippen molar-refractivity contribution in [3.63, 3.8) is 0 Å². The Balaban J connectivity index is 2.96. The molecule has 0 saturated carbocycles. The van der Waals surface area contributed by atoms with E-state index >= 15 is 0 Å². The molecule has 1 unspecified atom stereocenters. The van der Waals surface area contributed by atoms with E-state index in [-0.39, 0.29) is 5.16 Å². The van der Waals surface area contributed by atoms with Gasteiger partial charge in [-0.2, -0.15) is 13.2 Å². The highest BCUT2D eigenvalue weighted by Crippen LogP contribution is 2.44. The summed E-state index contributed by atoms with van der Waals surface area (Å²) in [6, 6.07) is 5.53. The van der Waals surface area contributed by atoms with E-state index in [1.807, 2.05) is 0 Å². The maximum absolute atomic E-state index is 12.4. The molecule has 0 aliphatic heterocycles. The van der Waals surface area contributed by atoms with Crippen LogP contribution in [0.5, 0.6) is 0 Å². The lowest BCUT2D eigenvalue weighted by atomic mass is 10.2. The molecule has 0 radical (unpaired) electrons. The van der Waals surface area contributed by atoms with E-state index in [4.69, 9.17) is 0 Å². The minimum absolute atomic E-state index is 0.120. The van der Waals surface area contributed by atoms with Crippen molar-refractivity contribution >= 4 is 13.2 Å². The first kappa shape index (κ1) is 13.5. The average molecular weight is 248 g/mol. The van der Waals surface area contributed by atoms with Crippen LogP contribution in [0, 0.1) is 0 Å². The van der Waals surface area contributed by atoms with Crippen LogP contribution in [0.4, 0.5) is 13.2 Å². The molecule has 4 heteroatoms. The molecule has 1 atom stereocenters. The summed E-state index contributed by atoms with van der Waals surface area (Å²) in [4.78, 5) is 0. The Morgan fingerprint density at radius 2 is 1.38 bits per heavy atom. The maximum atomic E-state index is 12.4. The van der Waals surface area contributed by atoms with E-state index in [0.717, 1.165) is 5.30 Å². The zero-order valence-corrected chi connectivity index (χ0v) is 10.8. The summed E-state index contributed by atoms with van der Waals surface area (Å²) in [5.74, 6) is 0. The summed E-state index contributed by atoms with van der Waals surface area (Å²) in [5, 5.41) is 1.13. The normalized spacial score (nSPS) is 14.9. The van der Waals surface area contributed by atoms with Crippen molar-refractivity contribution in [3.05, 3.63) is 29.8 Å². The molecule has 0 saturated heterocycles. The quantitative estimate of drug-likeness (QED) is 0.652. The molecule has 1 rings (SSSR count). The maximum Gasteiger partial charge on any atom is 0.416 e. The minimum atomic E-state index is -4.24. The summed E-state index contributed by atoms with van der Waals surface area (Å²) in [6.45, 7) is 8.42. The van der Waals surface area contributed by atoms with E-state index in [9.17, 15) is 13.2 Å². The molecule has 0 nitrogen and oxygen atoms in total. The van der Waals surface area contributed by atoms with Gasteiger partial charge in [-0.3, -0.25) is 0 Å². The van der Waals surface area contributed by atoms with Crippen molar-refractivity contribution in [1.82, 2.24) is 0 Å². The van der Waals surface area contributed by atoms with Gasteiger partial charge in [0.2, 0.25) is 0 Å². The van der Waals surface area contributed by atoms with Gasteiger partial charge in [-0.1, -0.05) is 40.8 Å². The van der Waals surface area contributed by atoms with Crippen molar-refractivity contribution in [2.24, 2.45) is 0 Å². The van der Waals surface area contributed by atoms with Crippen molar-refractivity contribution in [2.45, 2.75) is 32.1 Å². The Labute approximate surface area is 95.6 Å². The first-order valence-corrected chi connectivity index (χ1v) is 6.82. The zero-order chi connectivity index (χ0) is 12.6. The molecular formula is C12H16F3P. The van der Waals surface area contributed by atoms with Gasteiger partial charge in [0.1, 0.15) is 0 Å². The number of halogens is 3. The van der Waals surface area contributed by atoms with Crippen LogP contribution in [0.3, 0.4) is 0 Å². The number of hydrogen-bond acceptors (Lipinski definition) is 0. The highest BCUT2D eigenvalue weighted by molar-refractivity contribution is 7.66. The van der Waals surface area contributed by atoms with Crippen LogP contribution in [0.2, 0.25) is 0 Å². The molecule has 0 heterocycles. The Morgan fingerprint density at radius 1 is 0.938 bits per heavy atom. The fourth-order valence-electron chi connectivity index (χ4n) is 1.26. The molecule has 0 amide bonds. The molecule has 0 aliphatic rings. The van der Waals surface area contributed by atoms with Crippen LogP contribution in [0.25, 0.3) is 0 Å². The van der Waals surface area contributed by atoms with E-state index in [1.54, 1.807) is 12.1 Å². The number of rotatable bonds is 1. The largest absolute Gasteiger partial charge is 0.416 e. The van der Waals surface area contributed by atoms with Crippen LogP contribution in [0.15, 0.2) is 24.3 Å². The lowest BCUT2D eigenvalue weighted by molar-refractivity contribution is -0.137. The molecule has 0 aliphatic carbocycles. The number of benzene rings is 1. The third-order valence-electron chi connectivity index (χ3n) is 2.59. The van der Waals surface area contributed by atoms with Crippen LogP contribution in [-0.4, -0.2) is 11.8 Å². The van der Waals surface area contributed by atoms with Gasteiger partial charge in [0, 0.05) is 0 Å². The van der Waals surface area contributed by atoms with Crippen molar-refractivity contribution < 1.29 is 13.2 Å². The Hall–Kier alpha value is -0.560. The van der Waals surface area contributed by atoms with Crippen LogP contribution < -0.4 is 5.30 Å². The number of hydrogen-bond donors (Lipinski definition) is 0. The summed E-state index contributed by atoms with van der Waals surface area (Å²) < 4.78 is 37.1. The highest BCUT2D eigenvalue weighted by atomic mass is 31.1. The smallest absolute Gasteiger partial charge is 0.166 e. The van der Waals surface area contributed by atoms with E-state index in [2.05, 4.69) is 27.4 Å². The molecule has 1 aromatic rings. The molecular weight excluding hydrogens is 232 g/mol. The van der Waals surface area contributed by atoms with Gasteiger partial charge >= 0.3 is 6.18 Å². The van der Waals surface area contributed by atoms with Crippen molar-refractivity contribution in [3.8, 4) is 0 Å². The summed E-state index contributed by atoms with van der Waals surface area (Å²) in [6.07, 6.45) is -4.24. The molecule has 0 N–H and O–H groups in total. The highest BCUT2D eigenvalue weighted by Gasteiger charge is 2.30. The van der Waals surface area contributed by atoms with E-state index in [1.165, 1.54) is 12.1 Å². The third kappa shape index (κ3) is 3.21. The standard InChI is InChI=1S/C12H16F3P/c1-11(2,3)16(4)10-7-5-9(6-8-10)12(13,14)15/h5-8H,1-4H3. The predicted octanol–water partition coefficient (Wildman–Crippen LogP) is 4.24. The second-order valence-corrected chi connectivity index (χ2v) is 7.75. The zero-order valence-electron chi connectivity index (χ0n) is 9.89. The monoisotopic (exact) mass is 248 g/mol. The third-order valence-corrected chi connectivity index (χ3v) is 5.67. The number of alkyl halides is 3. The van der Waals surface area contributed by atoms with Gasteiger partial charge < -0.3 is 0 Å². The molecule has 1 aromatic carbocycles. The summed E-state index contributed by atoms with van der Waals surface area (Å²) in [7, 11) is -0.432. The van der Waals surface area contributed by atoms with Crippen molar-refractivity contribution in [2.75, 3.05) is 6.66 Å². The fraction of sp³-hybridized carbons (Fsp3) is 0.500. The van der Waals surface area contributed by atoms with Crippen LogP contribution in [-0.2, 0) is 6.18 Å². The molecule has 0 spiro atoms. The first-order valence-electron chi connectivity index (χ1n) is 5.03. The molecule has 90 valence electrons. The molecule has 0 aromatic heterocycles. The van der Waals surface area contributed by atoms with Gasteiger partial charge in [0.05, 0.1) is 5.56 Å². The van der Waals surface area contributed by atoms with Crippen molar-refractivity contribution in [1.29, 1.82) is 0 Å². The molecule has 0 fully saturated rings. The van der Waals surface area contributed by atoms with Gasteiger partial charge in [-0.25, -0.2) is 0 Å². The molecule has 16 heavy (non-hydrogen) atoms. The minimum Gasteiger partial charge on any atom is -0.166 e. The predicted molar refractivity (Wildman–Crippen MR) is 63.7 cm³/mol. The van der Waals surface area contributed by atoms with Crippen LogP contribution >= 0.6 is 7.92 Å². The fourth-order valence-corrected chi connectivity index (χ4v) is 2.63. The summed E-state index contributed by atoms with van der Waals surface area (Å²) >= 11 is 0. The van der Waals surface area contributed by atoms with Gasteiger partial charge in [0.15, 0.2) is 0 Å². The lowest BCUT2D eigenvalue weighted by Crippen LogP contribution is -2.18. The molecule has 0 bridgehead atoms. The summed E-state index contributed by atoms with van der Waals surface area (Å²) in [5.41, 5.74) is -0.575. The van der Waals surface area contributed by atoms with Gasteiger partial charge in [-0.15, -0.1) is 0 Å². The van der Waals surface area contributed by atoms with E-state index in [0.29, 0.717) is 0 Å². The van der Waals surface area contributed by atoms with Crippen LogP contribution in [0.1, 0.15) is 26.3 Å². The van der Waals surface area contributed by atoms with Gasteiger partial charge in [0.25, 0.3) is 0 Å². The Kier molecular flexibility index (Phi) is 3.69. The van der Waals surface area contributed by atoms with Gasteiger partial charge in [-0.05, 0) is 29.3 Å². The topological polar surface area (TPSA) is 0 Å². The van der Waals surface area contributed by atoms with E-state index < -0.39 is 19.7 Å². The Morgan fingerprint density at radius 3 is 1.69 bits per heavy atom. The second kappa shape index (κ2) is 4.37. The second-order valence-electron chi connectivity index (χ2n) is 4.77.